The molecule has 3 heterocycles. The Kier molecular flexibility index (Phi) is 5.84. The molecule has 0 aromatic carbocycles. The summed E-state index contributed by atoms with van der Waals surface area (Å²) in [6.45, 7) is 8.44. The monoisotopic (exact) mass is 416 g/mol. The van der Waals surface area contributed by atoms with Gasteiger partial charge in [0.2, 0.25) is 16.2 Å². The summed E-state index contributed by atoms with van der Waals surface area (Å²) in [5.41, 5.74) is 4.41. The van der Waals surface area contributed by atoms with E-state index in [9.17, 15) is 4.79 Å². The maximum Gasteiger partial charge on any atom is 0.223 e. The van der Waals surface area contributed by atoms with Crippen molar-refractivity contribution < 1.29 is 4.79 Å². The Bertz CT molecular complexity index is 894. The van der Waals surface area contributed by atoms with E-state index in [0.29, 0.717) is 11.0 Å². The first-order valence-electron chi connectivity index (χ1n) is 9.47. The number of allylic oxidation sites excluding steroid dienone is 1. The SMILES string of the molecule is CC(=O)Nc1nnc(N2CCN(CC3=C/c4ncsc4C(C)C\C=C\3)CC2)s1. The Morgan fingerprint density at radius 3 is 2.89 bits per heavy atom. The molecule has 0 radical (unpaired) electrons. The number of amides is 1. The lowest BCUT2D eigenvalue weighted by Crippen LogP contribution is -2.46. The number of fused-ring (bicyclic) bond motifs is 1. The van der Waals surface area contributed by atoms with E-state index in [4.69, 9.17) is 0 Å². The summed E-state index contributed by atoms with van der Waals surface area (Å²) >= 11 is 3.19. The van der Waals surface area contributed by atoms with E-state index in [1.54, 1.807) is 11.3 Å². The quantitative estimate of drug-likeness (QED) is 0.825. The summed E-state index contributed by atoms with van der Waals surface area (Å²) in [6.07, 6.45) is 7.86. The summed E-state index contributed by atoms with van der Waals surface area (Å²) in [6, 6.07) is 0. The van der Waals surface area contributed by atoms with Crippen molar-refractivity contribution in [3.8, 4) is 0 Å². The fourth-order valence-electron chi connectivity index (χ4n) is 3.49. The Labute approximate surface area is 172 Å². The Morgan fingerprint density at radius 2 is 2.11 bits per heavy atom. The summed E-state index contributed by atoms with van der Waals surface area (Å²) in [4.78, 5) is 21.8. The van der Waals surface area contributed by atoms with Crippen LogP contribution in [-0.4, -0.2) is 58.7 Å². The van der Waals surface area contributed by atoms with Crippen LogP contribution < -0.4 is 10.2 Å². The molecule has 1 aliphatic carbocycles. The van der Waals surface area contributed by atoms with Gasteiger partial charge in [0.05, 0.1) is 11.2 Å². The lowest BCUT2D eigenvalue weighted by atomic mass is 9.99. The van der Waals surface area contributed by atoms with Crippen molar-refractivity contribution in [2.24, 2.45) is 0 Å². The zero-order valence-corrected chi connectivity index (χ0v) is 17.7. The van der Waals surface area contributed by atoms with Crippen LogP contribution in [0.2, 0.25) is 0 Å². The summed E-state index contributed by atoms with van der Waals surface area (Å²) in [5, 5.41) is 12.4. The highest BCUT2D eigenvalue weighted by Crippen LogP contribution is 2.31. The molecule has 1 fully saturated rings. The van der Waals surface area contributed by atoms with Crippen molar-refractivity contribution in [2.45, 2.75) is 26.2 Å². The molecule has 2 aromatic heterocycles. The molecule has 1 unspecified atom stereocenters. The minimum atomic E-state index is -0.120. The van der Waals surface area contributed by atoms with E-state index >= 15 is 0 Å². The number of piperazine rings is 1. The number of nitrogens with one attached hydrogen (secondary N) is 1. The van der Waals surface area contributed by atoms with E-state index in [-0.39, 0.29) is 5.91 Å². The van der Waals surface area contributed by atoms with Crippen molar-refractivity contribution in [1.82, 2.24) is 20.1 Å². The van der Waals surface area contributed by atoms with Crippen LogP contribution in [0.25, 0.3) is 6.08 Å². The summed E-state index contributed by atoms with van der Waals surface area (Å²) in [5.74, 6) is 0.417. The van der Waals surface area contributed by atoms with Gasteiger partial charge < -0.3 is 10.2 Å². The highest BCUT2D eigenvalue weighted by Gasteiger charge is 2.21. The fraction of sp³-hybridized carbons (Fsp3) is 0.474. The fourth-order valence-corrected chi connectivity index (χ4v) is 5.18. The maximum absolute atomic E-state index is 11.1. The Hall–Kier alpha value is -2.10. The van der Waals surface area contributed by atoms with Crippen LogP contribution in [0, 0.1) is 0 Å². The van der Waals surface area contributed by atoms with Gasteiger partial charge in [0.1, 0.15) is 0 Å². The number of carbonyl (C=O) groups excluding carboxylic acids is 1. The summed E-state index contributed by atoms with van der Waals surface area (Å²) < 4.78 is 0. The number of rotatable bonds is 4. The average Bonchev–Trinajstić information content (AvgIpc) is 3.30. The van der Waals surface area contributed by atoms with Gasteiger partial charge in [-0.1, -0.05) is 30.4 Å². The predicted octanol–water partition coefficient (Wildman–Crippen LogP) is 3.22. The van der Waals surface area contributed by atoms with Crippen LogP contribution in [0.5, 0.6) is 0 Å². The molecule has 28 heavy (non-hydrogen) atoms. The second-order valence-electron chi connectivity index (χ2n) is 7.19. The molecular weight excluding hydrogens is 392 g/mol. The van der Waals surface area contributed by atoms with Crippen LogP contribution in [-0.2, 0) is 4.79 Å². The molecule has 0 spiro atoms. The smallest absolute Gasteiger partial charge is 0.223 e. The lowest BCUT2D eigenvalue weighted by Gasteiger charge is -2.34. The van der Waals surface area contributed by atoms with Gasteiger partial charge >= 0.3 is 0 Å². The molecule has 1 N–H and O–H groups in total. The van der Waals surface area contributed by atoms with Gasteiger partial charge in [0.25, 0.3) is 0 Å². The second kappa shape index (κ2) is 8.50. The van der Waals surface area contributed by atoms with E-state index in [1.807, 2.05) is 5.51 Å². The third-order valence-corrected chi connectivity index (χ3v) is 6.94. The van der Waals surface area contributed by atoms with Crippen LogP contribution >= 0.6 is 22.7 Å². The van der Waals surface area contributed by atoms with E-state index in [0.717, 1.165) is 50.0 Å². The number of aromatic nitrogens is 3. The molecule has 1 atom stereocenters. The van der Waals surface area contributed by atoms with Gasteiger partial charge in [-0.2, -0.15) is 0 Å². The van der Waals surface area contributed by atoms with Crippen molar-refractivity contribution in [1.29, 1.82) is 0 Å². The van der Waals surface area contributed by atoms with Gasteiger partial charge in [-0.15, -0.1) is 21.5 Å². The number of anilines is 2. The van der Waals surface area contributed by atoms with Crippen molar-refractivity contribution in [3.05, 3.63) is 33.8 Å². The minimum absolute atomic E-state index is 0.120. The first kappa shape index (κ1) is 19.2. The minimum Gasteiger partial charge on any atom is -0.344 e. The molecule has 2 aromatic rings. The highest BCUT2D eigenvalue weighted by molar-refractivity contribution is 7.19. The lowest BCUT2D eigenvalue weighted by molar-refractivity contribution is -0.114. The Morgan fingerprint density at radius 1 is 1.29 bits per heavy atom. The molecule has 1 saturated heterocycles. The number of hydrogen-bond acceptors (Lipinski definition) is 8. The van der Waals surface area contributed by atoms with E-state index < -0.39 is 0 Å². The molecule has 2 aliphatic rings. The number of carbonyl (C=O) groups is 1. The van der Waals surface area contributed by atoms with E-state index in [2.05, 4.69) is 55.4 Å². The first-order valence-corrected chi connectivity index (χ1v) is 11.2. The molecule has 1 amide bonds. The first-order chi connectivity index (χ1) is 13.6. The van der Waals surface area contributed by atoms with Gasteiger partial charge in [0, 0.05) is 44.5 Å². The molecule has 0 bridgehead atoms. The normalized spacial score (nSPS) is 23.3. The molecular formula is C19H24N6OS2. The van der Waals surface area contributed by atoms with Crippen LogP contribution in [0.15, 0.2) is 23.2 Å². The Balaban J connectivity index is 1.36. The maximum atomic E-state index is 11.1. The van der Waals surface area contributed by atoms with Crippen molar-refractivity contribution in [3.63, 3.8) is 0 Å². The molecule has 1 aliphatic heterocycles. The standard InChI is InChI=1S/C19H24N6OS2/c1-13-4-3-5-15(10-16-17(13)27-12-20-16)11-24-6-8-25(9-7-24)19-23-22-18(28-19)21-14(2)26/h3,5,10,12-13H,4,6-9,11H2,1-2H3,(H,21,22,26)/b5-3+,15-10+. The summed E-state index contributed by atoms with van der Waals surface area (Å²) in [7, 11) is 0. The predicted molar refractivity (Wildman–Crippen MR) is 115 cm³/mol. The topological polar surface area (TPSA) is 74.2 Å². The van der Waals surface area contributed by atoms with Gasteiger partial charge in [-0.3, -0.25) is 9.69 Å². The number of hydrogen-bond donors (Lipinski definition) is 1. The molecule has 0 saturated carbocycles. The molecule has 7 nitrogen and oxygen atoms in total. The van der Waals surface area contributed by atoms with Gasteiger partial charge in [-0.25, -0.2) is 4.98 Å². The third-order valence-electron chi connectivity index (χ3n) is 4.96. The second-order valence-corrected chi connectivity index (χ2v) is 9.04. The van der Waals surface area contributed by atoms with Gasteiger partial charge in [-0.05, 0) is 24.0 Å². The zero-order chi connectivity index (χ0) is 19.5. The number of nitrogens with zero attached hydrogens (tertiary/aromatic N) is 5. The average molecular weight is 417 g/mol. The molecule has 9 heteroatoms. The van der Waals surface area contributed by atoms with Crippen LogP contribution in [0.1, 0.15) is 36.8 Å². The van der Waals surface area contributed by atoms with E-state index in [1.165, 1.54) is 28.7 Å². The molecule has 148 valence electrons. The molecule has 4 rings (SSSR count). The van der Waals surface area contributed by atoms with Crippen molar-refractivity contribution in [2.75, 3.05) is 42.9 Å². The van der Waals surface area contributed by atoms with Crippen molar-refractivity contribution >= 4 is 44.9 Å². The largest absolute Gasteiger partial charge is 0.344 e. The van der Waals surface area contributed by atoms with Crippen LogP contribution in [0.3, 0.4) is 0 Å². The van der Waals surface area contributed by atoms with Gasteiger partial charge in [0.15, 0.2) is 0 Å². The number of thiazole rings is 1. The van der Waals surface area contributed by atoms with Crippen LogP contribution in [0.4, 0.5) is 10.3 Å². The zero-order valence-electron chi connectivity index (χ0n) is 16.1. The highest BCUT2D eigenvalue weighted by atomic mass is 32.1. The third kappa shape index (κ3) is 4.48.